The van der Waals surface area contributed by atoms with Gasteiger partial charge < -0.3 is 14.4 Å². The van der Waals surface area contributed by atoms with Gasteiger partial charge in [-0.25, -0.2) is 0 Å². The van der Waals surface area contributed by atoms with E-state index >= 15 is 0 Å². The van der Waals surface area contributed by atoms with Gasteiger partial charge in [0.25, 0.3) is 5.91 Å². The summed E-state index contributed by atoms with van der Waals surface area (Å²) in [7, 11) is 0. The first-order chi connectivity index (χ1) is 11.6. The van der Waals surface area contributed by atoms with E-state index in [2.05, 4.69) is 18.7 Å². The van der Waals surface area contributed by atoms with Crippen molar-refractivity contribution < 1.29 is 14.3 Å². The first-order valence-corrected chi connectivity index (χ1v) is 9.01. The van der Waals surface area contributed by atoms with Crippen LogP contribution in [-0.4, -0.2) is 67.2 Å². The minimum atomic E-state index is 0.121. The van der Waals surface area contributed by atoms with E-state index in [-0.39, 0.29) is 12.0 Å². The van der Waals surface area contributed by atoms with Crippen LogP contribution in [0.2, 0.25) is 0 Å². The van der Waals surface area contributed by atoms with Crippen LogP contribution in [0, 0.1) is 0 Å². The van der Waals surface area contributed by atoms with E-state index in [1.165, 1.54) is 0 Å². The summed E-state index contributed by atoms with van der Waals surface area (Å²) in [4.78, 5) is 17.0. The maximum atomic E-state index is 12.6. The molecule has 0 radical (unpaired) electrons. The van der Waals surface area contributed by atoms with Crippen molar-refractivity contribution in [3.8, 4) is 5.75 Å². The lowest BCUT2D eigenvalue weighted by atomic mass is 10.1. The minimum Gasteiger partial charge on any atom is -0.490 e. The van der Waals surface area contributed by atoms with Crippen LogP contribution in [0.25, 0.3) is 0 Å². The van der Waals surface area contributed by atoms with Gasteiger partial charge in [0.15, 0.2) is 0 Å². The molecular weight excluding hydrogens is 304 g/mol. The standard InChI is InChI=1S/C19H28N2O3/c1-15(2)20-9-11-21(12-10-20)19(22)16-3-5-17(6-4-16)24-18-7-13-23-14-8-18/h3-6,15,18H,7-14H2,1-2H3. The molecule has 0 saturated carbocycles. The molecule has 0 unspecified atom stereocenters. The first-order valence-electron chi connectivity index (χ1n) is 9.01. The molecule has 1 aromatic carbocycles. The summed E-state index contributed by atoms with van der Waals surface area (Å²) in [6.45, 7) is 9.45. The molecule has 0 aliphatic carbocycles. The Morgan fingerprint density at radius 3 is 2.29 bits per heavy atom. The molecule has 0 N–H and O–H groups in total. The zero-order chi connectivity index (χ0) is 16.9. The summed E-state index contributed by atoms with van der Waals surface area (Å²) in [5, 5.41) is 0. The third kappa shape index (κ3) is 4.28. The molecule has 2 heterocycles. The predicted molar refractivity (Wildman–Crippen MR) is 93.5 cm³/mol. The molecule has 2 fully saturated rings. The van der Waals surface area contributed by atoms with Gasteiger partial charge in [-0.2, -0.15) is 0 Å². The molecular formula is C19H28N2O3. The fraction of sp³-hybridized carbons (Fsp3) is 0.632. The molecule has 5 nitrogen and oxygen atoms in total. The van der Waals surface area contributed by atoms with Gasteiger partial charge in [-0.3, -0.25) is 9.69 Å². The monoisotopic (exact) mass is 332 g/mol. The number of hydrogen-bond acceptors (Lipinski definition) is 4. The number of amides is 1. The van der Waals surface area contributed by atoms with E-state index in [1.807, 2.05) is 29.2 Å². The molecule has 0 spiro atoms. The molecule has 1 aromatic rings. The molecule has 2 saturated heterocycles. The second kappa shape index (κ2) is 7.99. The zero-order valence-electron chi connectivity index (χ0n) is 14.7. The van der Waals surface area contributed by atoms with Crippen LogP contribution in [0.1, 0.15) is 37.0 Å². The lowest BCUT2D eigenvalue weighted by Gasteiger charge is -2.37. The largest absolute Gasteiger partial charge is 0.490 e. The summed E-state index contributed by atoms with van der Waals surface area (Å²) in [6, 6.07) is 8.13. The van der Waals surface area contributed by atoms with Gasteiger partial charge in [-0.1, -0.05) is 0 Å². The number of nitrogens with zero attached hydrogens (tertiary/aromatic N) is 2. The van der Waals surface area contributed by atoms with E-state index in [9.17, 15) is 4.79 Å². The number of carbonyl (C=O) groups excluding carboxylic acids is 1. The highest BCUT2D eigenvalue weighted by Gasteiger charge is 2.23. The van der Waals surface area contributed by atoms with Crippen molar-refractivity contribution >= 4 is 5.91 Å². The summed E-state index contributed by atoms with van der Waals surface area (Å²) in [5.74, 6) is 0.957. The zero-order valence-corrected chi connectivity index (χ0v) is 14.7. The summed E-state index contributed by atoms with van der Waals surface area (Å²) in [6.07, 6.45) is 2.09. The van der Waals surface area contributed by atoms with Crippen LogP contribution in [0.4, 0.5) is 0 Å². The normalized spacial score (nSPS) is 20.4. The van der Waals surface area contributed by atoms with E-state index in [0.29, 0.717) is 6.04 Å². The Kier molecular flexibility index (Phi) is 5.74. The molecule has 24 heavy (non-hydrogen) atoms. The molecule has 1 amide bonds. The van der Waals surface area contributed by atoms with E-state index in [4.69, 9.17) is 9.47 Å². The van der Waals surface area contributed by atoms with Crippen LogP contribution >= 0.6 is 0 Å². The molecule has 5 heteroatoms. The summed E-state index contributed by atoms with van der Waals surface area (Å²) in [5.41, 5.74) is 0.743. The second-order valence-electron chi connectivity index (χ2n) is 6.88. The smallest absolute Gasteiger partial charge is 0.253 e. The van der Waals surface area contributed by atoms with Gasteiger partial charge in [0, 0.05) is 50.6 Å². The van der Waals surface area contributed by atoms with Crippen molar-refractivity contribution in [1.29, 1.82) is 0 Å². The Labute approximate surface area is 144 Å². The molecule has 0 bridgehead atoms. The van der Waals surface area contributed by atoms with E-state index in [0.717, 1.165) is 63.5 Å². The number of ether oxygens (including phenoxy) is 2. The van der Waals surface area contributed by atoms with E-state index in [1.54, 1.807) is 0 Å². The Bertz CT molecular complexity index is 530. The molecule has 0 atom stereocenters. The Morgan fingerprint density at radius 1 is 1.08 bits per heavy atom. The minimum absolute atomic E-state index is 0.121. The highest BCUT2D eigenvalue weighted by molar-refractivity contribution is 5.94. The van der Waals surface area contributed by atoms with Gasteiger partial charge in [-0.05, 0) is 38.1 Å². The topological polar surface area (TPSA) is 42.0 Å². The third-order valence-corrected chi connectivity index (χ3v) is 4.90. The van der Waals surface area contributed by atoms with Gasteiger partial charge in [-0.15, -0.1) is 0 Å². The van der Waals surface area contributed by atoms with Crippen molar-refractivity contribution in [3.05, 3.63) is 29.8 Å². The van der Waals surface area contributed by atoms with Crippen molar-refractivity contribution in [3.63, 3.8) is 0 Å². The van der Waals surface area contributed by atoms with Crippen LogP contribution in [-0.2, 0) is 4.74 Å². The molecule has 3 rings (SSSR count). The summed E-state index contributed by atoms with van der Waals surface area (Å²) >= 11 is 0. The van der Waals surface area contributed by atoms with Crippen molar-refractivity contribution in [2.45, 2.75) is 38.8 Å². The Hall–Kier alpha value is -1.59. The molecule has 2 aliphatic heterocycles. The number of piperazine rings is 1. The van der Waals surface area contributed by atoms with Crippen molar-refractivity contribution in [2.75, 3.05) is 39.4 Å². The maximum absolute atomic E-state index is 12.6. The van der Waals surface area contributed by atoms with Crippen LogP contribution in [0.5, 0.6) is 5.75 Å². The number of carbonyl (C=O) groups is 1. The Balaban J connectivity index is 1.54. The fourth-order valence-corrected chi connectivity index (χ4v) is 3.29. The highest BCUT2D eigenvalue weighted by Crippen LogP contribution is 2.19. The van der Waals surface area contributed by atoms with Gasteiger partial charge >= 0.3 is 0 Å². The molecule has 2 aliphatic rings. The van der Waals surface area contributed by atoms with E-state index < -0.39 is 0 Å². The molecule has 0 aromatic heterocycles. The predicted octanol–water partition coefficient (Wildman–Crippen LogP) is 2.41. The molecule has 132 valence electrons. The van der Waals surface area contributed by atoms with Gasteiger partial charge in [0.2, 0.25) is 0 Å². The number of rotatable bonds is 4. The van der Waals surface area contributed by atoms with Crippen molar-refractivity contribution in [1.82, 2.24) is 9.80 Å². The maximum Gasteiger partial charge on any atom is 0.253 e. The van der Waals surface area contributed by atoms with Crippen LogP contribution in [0.15, 0.2) is 24.3 Å². The lowest BCUT2D eigenvalue weighted by Crippen LogP contribution is -2.50. The third-order valence-electron chi connectivity index (χ3n) is 4.90. The number of benzene rings is 1. The highest BCUT2D eigenvalue weighted by atomic mass is 16.5. The average molecular weight is 332 g/mol. The Morgan fingerprint density at radius 2 is 1.71 bits per heavy atom. The first kappa shape index (κ1) is 17.2. The number of hydrogen-bond donors (Lipinski definition) is 0. The fourth-order valence-electron chi connectivity index (χ4n) is 3.29. The van der Waals surface area contributed by atoms with Crippen molar-refractivity contribution in [2.24, 2.45) is 0 Å². The second-order valence-corrected chi connectivity index (χ2v) is 6.88. The van der Waals surface area contributed by atoms with Crippen LogP contribution < -0.4 is 4.74 Å². The van der Waals surface area contributed by atoms with Gasteiger partial charge in [0.1, 0.15) is 11.9 Å². The average Bonchev–Trinajstić information content (AvgIpc) is 2.63. The van der Waals surface area contributed by atoms with Gasteiger partial charge in [0.05, 0.1) is 13.2 Å². The summed E-state index contributed by atoms with van der Waals surface area (Å²) < 4.78 is 11.3. The SMILES string of the molecule is CC(C)N1CCN(C(=O)c2ccc(OC3CCOCC3)cc2)CC1. The quantitative estimate of drug-likeness (QED) is 0.849. The van der Waals surface area contributed by atoms with Crippen LogP contribution in [0.3, 0.4) is 0 Å². The lowest BCUT2D eigenvalue weighted by molar-refractivity contribution is 0.0255.